The fraction of sp³-hybridized carbons (Fsp3) is 0.400. The van der Waals surface area contributed by atoms with Gasteiger partial charge in [0.1, 0.15) is 6.23 Å². The Kier molecular flexibility index (Phi) is 3.63. The topological polar surface area (TPSA) is 95.6 Å². The van der Waals surface area contributed by atoms with Gasteiger partial charge in [-0.3, -0.25) is 4.79 Å². The predicted molar refractivity (Wildman–Crippen MR) is 34.5 cm³/mol. The molecule has 0 spiro atoms. The van der Waals surface area contributed by atoms with Crippen molar-refractivity contribution in [3.63, 3.8) is 0 Å². The first-order valence-electron chi connectivity index (χ1n) is 2.62. The van der Waals surface area contributed by atoms with Gasteiger partial charge in [-0.2, -0.15) is 0 Å². The average molecular weight is 146 g/mol. The van der Waals surface area contributed by atoms with E-state index >= 15 is 0 Å². The Morgan fingerprint density at radius 2 is 2.20 bits per heavy atom. The Labute approximate surface area is 58.1 Å². The van der Waals surface area contributed by atoms with Crippen molar-refractivity contribution >= 4 is 5.91 Å². The van der Waals surface area contributed by atoms with Crippen molar-refractivity contribution in [3.8, 4) is 0 Å². The third-order valence-corrected chi connectivity index (χ3v) is 0.799. The first-order chi connectivity index (χ1) is 4.57. The van der Waals surface area contributed by atoms with Crippen molar-refractivity contribution in [3.05, 3.63) is 12.7 Å². The van der Waals surface area contributed by atoms with Gasteiger partial charge in [-0.05, 0) is 6.08 Å². The van der Waals surface area contributed by atoms with E-state index in [-0.39, 0.29) is 0 Å². The zero-order valence-electron chi connectivity index (χ0n) is 5.32. The van der Waals surface area contributed by atoms with Crippen LogP contribution in [0, 0.1) is 0 Å². The summed E-state index contributed by atoms with van der Waals surface area (Å²) in [6, 6.07) is 0. The van der Waals surface area contributed by atoms with Crippen molar-refractivity contribution < 1.29 is 15.0 Å². The summed E-state index contributed by atoms with van der Waals surface area (Å²) in [6.45, 7) is 3.13. The predicted octanol–water partition coefficient (Wildman–Crippen LogP) is -2.12. The minimum Gasteiger partial charge on any atom is -0.374 e. The fourth-order valence-corrected chi connectivity index (χ4v) is 0.290. The van der Waals surface area contributed by atoms with Crippen molar-refractivity contribution in [1.82, 2.24) is 5.32 Å². The van der Waals surface area contributed by atoms with Gasteiger partial charge in [0.05, 0.1) is 0 Å². The van der Waals surface area contributed by atoms with Crippen LogP contribution in [-0.4, -0.2) is 28.6 Å². The van der Waals surface area contributed by atoms with E-state index in [0.717, 1.165) is 6.08 Å². The van der Waals surface area contributed by atoms with Crippen LogP contribution < -0.4 is 11.1 Å². The highest BCUT2D eigenvalue weighted by Crippen LogP contribution is 1.79. The first kappa shape index (κ1) is 9.09. The molecule has 1 amide bonds. The molecule has 0 bridgehead atoms. The lowest BCUT2D eigenvalue weighted by Crippen LogP contribution is -2.46. The number of hydrogen-bond donors (Lipinski definition) is 4. The lowest BCUT2D eigenvalue weighted by atomic mass is 10.4. The first-order valence-corrected chi connectivity index (χ1v) is 2.62. The number of nitrogens with two attached hydrogens (primary N) is 1. The number of aliphatic hydroxyl groups is 2. The standard InChI is InChI=1S/C5H10N2O3/c1-2-3(8)7-5(10)4(6)9/h2,4-5,9-10H,1,6H2,(H,7,8). The minimum atomic E-state index is -1.47. The van der Waals surface area contributed by atoms with Crippen LogP contribution in [0.5, 0.6) is 0 Å². The summed E-state index contributed by atoms with van der Waals surface area (Å²) in [5, 5.41) is 19.1. The van der Waals surface area contributed by atoms with Crippen molar-refractivity contribution in [2.24, 2.45) is 5.73 Å². The van der Waals surface area contributed by atoms with Gasteiger partial charge in [-0.15, -0.1) is 0 Å². The molecule has 0 saturated heterocycles. The molecule has 5 heteroatoms. The van der Waals surface area contributed by atoms with Crippen molar-refractivity contribution in [2.45, 2.75) is 12.5 Å². The van der Waals surface area contributed by atoms with Gasteiger partial charge in [0.15, 0.2) is 6.23 Å². The maximum atomic E-state index is 10.4. The number of rotatable bonds is 3. The average Bonchev–Trinajstić information content (AvgIpc) is 1.87. The second-order valence-electron chi connectivity index (χ2n) is 1.65. The van der Waals surface area contributed by atoms with Crippen LogP contribution in [0.4, 0.5) is 0 Å². The highest BCUT2D eigenvalue weighted by Gasteiger charge is 2.11. The van der Waals surface area contributed by atoms with E-state index in [0.29, 0.717) is 0 Å². The van der Waals surface area contributed by atoms with E-state index in [4.69, 9.17) is 15.9 Å². The number of aliphatic hydroxyl groups excluding tert-OH is 2. The molecule has 0 aromatic heterocycles. The monoisotopic (exact) mass is 146 g/mol. The molecule has 0 aliphatic heterocycles. The summed E-state index contributed by atoms with van der Waals surface area (Å²) in [7, 11) is 0. The summed E-state index contributed by atoms with van der Waals surface area (Å²) in [4.78, 5) is 10.4. The molecule has 0 heterocycles. The molecular weight excluding hydrogens is 136 g/mol. The largest absolute Gasteiger partial charge is 0.374 e. The van der Waals surface area contributed by atoms with Crippen LogP contribution >= 0.6 is 0 Å². The smallest absolute Gasteiger partial charge is 0.245 e. The van der Waals surface area contributed by atoms with E-state index in [9.17, 15) is 4.79 Å². The number of carbonyl (C=O) groups excluding carboxylic acids is 1. The zero-order valence-corrected chi connectivity index (χ0v) is 5.32. The molecule has 0 aliphatic carbocycles. The molecule has 2 unspecified atom stereocenters. The summed E-state index contributed by atoms with van der Waals surface area (Å²) >= 11 is 0. The maximum absolute atomic E-state index is 10.4. The van der Waals surface area contributed by atoms with Crippen LogP contribution in [0.1, 0.15) is 0 Å². The van der Waals surface area contributed by atoms with E-state index in [1.807, 2.05) is 5.32 Å². The highest BCUT2D eigenvalue weighted by atomic mass is 16.4. The summed E-state index contributed by atoms with van der Waals surface area (Å²) in [6.07, 6.45) is -1.94. The Bertz CT molecular complexity index is 135. The van der Waals surface area contributed by atoms with E-state index < -0.39 is 18.4 Å². The molecule has 5 N–H and O–H groups in total. The maximum Gasteiger partial charge on any atom is 0.245 e. The number of hydrogen-bond acceptors (Lipinski definition) is 4. The number of carbonyl (C=O) groups is 1. The Morgan fingerprint density at radius 1 is 1.70 bits per heavy atom. The van der Waals surface area contributed by atoms with Gasteiger partial charge >= 0.3 is 0 Å². The van der Waals surface area contributed by atoms with Crippen LogP contribution in [0.2, 0.25) is 0 Å². The minimum absolute atomic E-state index is 0.586. The quantitative estimate of drug-likeness (QED) is 0.270. The SMILES string of the molecule is C=CC(=O)NC(O)C(N)O. The third kappa shape index (κ3) is 3.18. The highest BCUT2D eigenvalue weighted by molar-refractivity contribution is 5.86. The molecule has 0 rings (SSSR count). The van der Waals surface area contributed by atoms with Gasteiger partial charge in [-0.1, -0.05) is 6.58 Å². The lowest BCUT2D eigenvalue weighted by molar-refractivity contribution is -0.121. The molecule has 5 nitrogen and oxygen atoms in total. The van der Waals surface area contributed by atoms with Gasteiger partial charge in [0, 0.05) is 0 Å². The molecule has 0 aromatic rings. The summed E-state index contributed by atoms with van der Waals surface area (Å²) in [5.74, 6) is -0.586. The summed E-state index contributed by atoms with van der Waals surface area (Å²) in [5.41, 5.74) is 4.80. The van der Waals surface area contributed by atoms with Gasteiger partial charge < -0.3 is 21.3 Å². The van der Waals surface area contributed by atoms with Crippen LogP contribution in [-0.2, 0) is 4.79 Å². The Morgan fingerprint density at radius 3 is 2.50 bits per heavy atom. The molecular formula is C5H10N2O3. The number of nitrogens with one attached hydrogen (secondary N) is 1. The second kappa shape index (κ2) is 3.99. The zero-order chi connectivity index (χ0) is 8.15. The third-order valence-electron chi connectivity index (χ3n) is 0.799. The van der Waals surface area contributed by atoms with Crippen LogP contribution in [0.3, 0.4) is 0 Å². The molecule has 2 atom stereocenters. The van der Waals surface area contributed by atoms with E-state index in [1.165, 1.54) is 0 Å². The lowest BCUT2D eigenvalue weighted by Gasteiger charge is -2.13. The molecule has 0 saturated carbocycles. The van der Waals surface area contributed by atoms with Crippen LogP contribution in [0.25, 0.3) is 0 Å². The molecule has 0 aliphatic rings. The van der Waals surface area contributed by atoms with Gasteiger partial charge in [0.2, 0.25) is 5.91 Å². The summed E-state index contributed by atoms with van der Waals surface area (Å²) < 4.78 is 0. The molecule has 58 valence electrons. The second-order valence-corrected chi connectivity index (χ2v) is 1.65. The normalized spacial score (nSPS) is 15.5. The van der Waals surface area contributed by atoms with E-state index in [2.05, 4.69) is 6.58 Å². The van der Waals surface area contributed by atoms with E-state index in [1.54, 1.807) is 0 Å². The van der Waals surface area contributed by atoms with Gasteiger partial charge in [0.25, 0.3) is 0 Å². The van der Waals surface area contributed by atoms with Gasteiger partial charge in [-0.25, -0.2) is 0 Å². The van der Waals surface area contributed by atoms with Crippen molar-refractivity contribution in [2.75, 3.05) is 0 Å². The molecule has 0 radical (unpaired) electrons. The van der Waals surface area contributed by atoms with Crippen molar-refractivity contribution in [1.29, 1.82) is 0 Å². The Hall–Kier alpha value is -0.910. The fourth-order valence-electron chi connectivity index (χ4n) is 0.290. The Balaban J connectivity index is 3.67. The molecule has 0 aromatic carbocycles. The molecule has 10 heavy (non-hydrogen) atoms. The van der Waals surface area contributed by atoms with Crippen LogP contribution in [0.15, 0.2) is 12.7 Å². The molecule has 0 fully saturated rings. The number of amides is 1.